The zero-order valence-corrected chi connectivity index (χ0v) is 10.6. The van der Waals surface area contributed by atoms with E-state index in [4.69, 9.17) is 0 Å². The second-order valence-corrected chi connectivity index (χ2v) is 6.16. The lowest BCUT2D eigenvalue weighted by molar-refractivity contribution is -0.119. The van der Waals surface area contributed by atoms with Gasteiger partial charge in [0.25, 0.3) is 0 Å². The Balaban J connectivity index is 2.21. The highest BCUT2D eigenvalue weighted by Gasteiger charge is 2.59. The van der Waals surface area contributed by atoms with Crippen molar-refractivity contribution in [3.8, 4) is 0 Å². The third-order valence-corrected chi connectivity index (χ3v) is 5.57. The van der Waals surface area contributed by atoms with Crippen molar-refractivity contribution in [2.45, 2.75) is 39.2 Å². The van der Waals surface area contributed by atoms with Crippen LogP contribution >= 0.6 is 0 Å². The summed E-state index contributed by atoms with van der Waals surface area (Å²) in [7, 11) is 0. The molecule has 0 amide bonds. The van der Waals surface area contributed by atoms with E-state index < -0.39 is 6.10 Å². The molecule has 2 nitrogen and oxygen atoms in total. The van der Waals surface area contributed by atoms with Crippen LogP contribution in [0.4, 0.5) is 0 Å². The van der Waals surface area contributed by atoms with E-state index >= 15 is 0 Å². The van der Waals surface area contributed by atoms with E-state index in [0.29, 0.717) is 11.8 Å². The minimum atomic E-state index is -0.515. The zero-order chi connectivity index (χ0) is 12.4. The molecule has 0 aliphatic heterocycles. The molecule has 0 saturated heterocycles. The van der Waals surface area contributed by atoms with Crippen LogP contribution in [0, 0.1) is 23.2 Å². The fourth-order valence-electron chi connectivity index (χ4n) is 4.52. The first-order chi connectivity index (χ1) is 7.98. The van der Waals surface area contributed by atoms with Gasteiger partial charge in [0.2, 0.25) is 0 Å². The van der Waals surface area contributed by atoms with E-state index in [1.807, 2.05) is 6.92 Å². The van der Waals surface area contributed by atoms with Gasteiger partial charge in [-0.15, -0.1) is 0 Å². The molecule has 1 N–H and O–H groups in total. The van der Waals surface area contributed by atoms with E-state index in [9.17, 15) is 9.90 Å². The fraction of sp³-hybridized carbons (Fsp3) is 0.667. The minimum absolute atomic E-state index is 0.138. The standard InChI is InChI=1S/C15H20O2/c1-8-4-5-15-9(2)6-13(16)11(7-12(8)15)10(3)14(15)17/h6,8,11-12,14,17H,3-5,7H2,1-2H3/t8-,11+,12-,14+,15-/m0/s1. The largest absolute Gasteiger partial charge is 0.388 e. The Morgan fingerprint density at radius 1 is 1.53 bits per heavy atom. The van der Waals surface area contributed by atoms with Gasteiger partial charge in [0.15, 0.2) is 5.78 Å². The molecule has 0 aromatic rings. The van der Waals surface area contributed by atoms with Crippen molar-refractivity contribution in [1.29, 1.82) is 0 Å². The first kappa shape index (κ1) is 11.2. The van der Waals surface area contributed by atoms with Gasteiger partial charge >= 0.3 is 0 Å². The molecule has 0 radical (unpaired) electrons. The summed E-state index contributed by atoms with van der Waals surface area (Å²) in [6, 6.07) is 0. The molecule has 0 aromatic heterocycles. The number of rotatable bonds is 0. The van der Waals surface area contributed by atoms with Crippen LogP contribution in [-0.4, -0.2) is 17.0 Å². The maximum Gasteiger partial charge on any atom is 0.162 e. The lowest BCUT2D eigenvalue weighted by Crippen LogP contribution is -2.47. The highest BCUT2D eigenvalue weighted by molar-refractivity contribution is 5.96. The molecule has 4 aliphatic rings. The Morgan fingerprint density at radius 2 is 2.24 bits per heavy atom. The predicted octanol–water partition coefficient (Wildman–Crippen LogP) is 2.48. The van der Waals surface area contributed by atoms with Gasteiger partial charge in [0, 0.05) is 11.3 Å². The molecule has 0 unspecified atom stereocenters. The van der Waals surface area contributed by atoms with E-state index in [0.717, 1.165) is 30.4 Å². The molecule has 92 valence electrons. The van der Waals surface area contributed by atoms with Crippen molar-refractivity contribution in [3.05, 3.63) is 23.8 Å². The van der Waals surface area contributed by atoms with Gasteiger partial charge < -0.3 is 5.11 Å². The second kappa shape index (κ2) is 3.32. The molecule has 4 aliphatic carbocycles. The number of ketones is 1. The van der Waals surface area contributed by atoms with Crippen LogP contribution in [0.1, 0.15) is 33.1 Å². The molecule has 17 heavy (non-hydrogen) atoms. The van der Waals surface area contributed by atoms with Crippen molar-refractivity contribution >= 4 is 5.78 Å². The number of hydrogen-bond acceptors (Lipinski definition) is 2. The second-order valence-electron chi connectivity index (χ2n) is 6.16. The smallest absolute Gasteiger partial charge is 0.162 e. The van der Waals surface area contributed by atoms with Gasteiger partial charge in [-0.2, -0.15) is 0 Å². The van der Waals surface area contributed by atoms with Gasteiger partial charge in [0.05, 0.1) is 6.10 Å². The SMILES string of the molecule is C=C1[C@H]2C[C@H]3[C@@H](C)CC[C@@]3(C(C)=CC2=O)[C@@H]1O. The summed E-state index contributed by atoms with van der Waals surface area (Å²) < 4.78 is 0. The Hall–Kier alpha value is -0.890. The molecular weight excluding hydrogens is 212 g/mol. The van der Waals surface area contributed by atoms with Crippen molar-refractivity contribution in [2.24, 2.45) is 23.2 Å². The van der Waals surface area contributed by atoms with Crippen LogP contribution in [-0.2, 0) is 4.79 Å². The molecule has 5 atom stereocenters. The molecule has 0 aromatic carbocycles. The first-order valence-electron chi connectivity index (χ1n) is 6.58. The van der Waals surface area contributed by atoms with E-state index in [1.165, 1.54) is 0 Å². The summed E-state index contributed by atoms with van der Waals surface area (Å²) in [5.41, 5.74) is 1.66. The topological polar surface area (TPSA) is 37.3 Å². The monoisotopic (exact) mass is 232 g/mol. The van der Waals surface area contributed by atoms with Crippen LogP contribution in [0.25, 0.3) is 0 Å². The summed E-state index contributed by atoms with van der Waals surface area (Å²) >= 11 is 0. The number of carbonyl (C=O) groups excluding carboxylic acids is 1. The molecule has 2 fully saturated rings. The third-order valence-electron chi connectivity index (χ3n) is 5.57. The highest BCUT2D eigenvalue weighted by atomic mass is 16.3. The summed E-state index contributed by atoms with van der Waals surface area (Å²) in [6.07, 6.45) is 4.31. The van der Waals surface area contributed by atoms with Crippen LogP contribution in [0.5, 0.6) is 0 Å². The minimum Gasteiger partial charge on any atom is -0.388 e. The molecule has 1 spiro atoms. The molecular formula is C15H20O2. The van der Waals surface area contributed by atoms with Crippen molar-refractivity contribution in [1.82, 2.24) is 0 Å². The molecule has 2 bridgehead atoms. The Morgan fingerprint density at radius 3 is 2.94 bits per heavy atom. The molecule has 2 heteroatoms. The predicted molar refractivity (Wildman–Crippen MR) is 66.3 cm³/mol. The molecule has 2 saturated carbocycles. The summed E-state index contributed by atoms with van der Waals surface area (Å²) in [4.78, 5) is 12.1. The van der Waals surface area contributed by atoms with Gasteiger partial charge in [-0.05, 0) is 49.7 Å². The zero-order valence-electron chi connectivity index (χ0n) is 10.6. The van der Waals surface area contributed by atoms with Crippen molar-refractivity contribution in [3.63, 3.8) is 0 Å². The fourth-order valence-corrected chi connectivity index (χ4v) is 4.52. The van der Waals surface area contributed by atoms with Crippen molar-refractivity contribution < 1.29 is 9.90 Å². The van der Waals surface area contributed by atoms with E-state index in [2.05, 4.69) is 13.5 Å². The summed E-state index contributed by atoms with van der Waals surface area (Å²) in [5.74, 6) is 1.08. The van der Waals surface area contributed by atoms with Crippen LogP contribution in [0.2, 0.25) is 0 Å². The van der Waals surface area contributed by atoms with Gasteiger partial charge in [-0.25, -0.2) is 0 Å². The Kier molecular flexibility index (Phi) is 2.19. The summed E-state index contributed by atoms with van der Waals surface area (Å²) in [6.45, 7) is 8.28. The van der Waals surface area contributed by atoms with E-state index in [-0.39, 0.29) is 17.1 Å². The molecule has 4 rings (SSSR count). The average molecular weight is 232 g/mol. The van der Waals surface area contributed by atoms with Crippen LogP contribution in [0.15, 0.2) is 23.8 Å². The van der Waals surface area contributed by atoms with Gasteiger partial charge in [-0.3, -0.25) is 4.79 Å². The lowest BCUT2D eigenvalue weighted by Gasteiger charge is -2.47. The Bertz CT molecular complexity index is 434. The van der Waals surface area contributed by atoms with Gasteiger partial charge in [-0.1, -0.05) is 19.1 Å². The van der Waals surface area contributed by atoms with Crippen LogP contribution in [0.3, 0.4) is 0 Å². The summed E-state index contributed by atoms with van der Waals surface area (Å²) in [5, 5.41) is 10.6. The van der Waals surface area contributed by atoms with E-state index in [1.54, 1.807) is 6.08 Å². The van der Waals surface area contributed by atoms with Crippen LogP contribution < -0.4 is 0 Å². The average Bonchev–Trinajstić information content (AvgIpc) is 2.54. The maximum absolute atomic E-state index is 12.1. The quantitative estimate of drug-likeness (QED) is 0.651. The number of aliphatic hydroxyl groups is 1. The van der Waals surface area contributed by atoms with Crippen molar-refractivity contribution in [2.75, 3.05) is 0 Å². The van der Waals surface area contributed by atoms with Gasteiger partial charge in [0.1, 0.15) is 0 Å². The highest BCUT2D eigenvalue weighted by Crippen LogP contribution is 2.62. The molecule has 0 heterocycles. The number of hydrogen-bond donors (Lipinski definition) is 1. The Labute approximate surface area is 102 Å². The third kappa shape index (κ3) is 1.17. The number of aliphatic hydroxyl groups excluding tert-OH is 1. The number of carbonyl (C=O) groups is 1. The maximum atomic E-state index is 12.1. The lowest BCUT2D eigenvalue weighted by atomic mass is 9.59. The normalized spacial score (nSPS) is 49.0. The first-order valence-corrected chi connectivity index (χ1v) is 6.58. The number of fused-ring (bicyclic) bond motifs is 2. The number of allylic oxidation sites excluding steroid dienone is 1.